The number of carboxylic acid groups (broad SMARTS) is 1. The molecule has 1 heterocycles. The van der Waals surface area contributed by atoms with Crippen LogP contribution in [0.25, 0.3) is 0 Å². The number of nitrogens with zero attached hydrogens (tertiary/aromatic N) is 1. The molecule has 0 unspecified atom stereocenters. The van der Waals surface area contributed by atoms with Crippen LogP contribution in [-0.4, -0.2) is 11.0 Å². The maximum atomic E-state index is 13.8. The number of aromatic carboxylic acids is 1. The summed E-state index contributed by atoms with van der Waals surface area (Å²) in [6.45, 7) is -0.468. The summed E-state index contributed by atoms with van der Waals surface area (Å²) in [6, 6.07) is 7.18. The molecule has 2 aromatic carbocycles. The average Bonchev–Trinajstić information content (AvgIpc) is 2.62. The molecule has 0 saturated carbocycles. The second-order valence-electron chi connectivity index (χ2n) is 5.93. The van der Waals surface area contributed by atoms with Gasteiger partial charge in [0.1, 0.15) is 29.8 Å². The molecule has 0 aliphatic carbocycles. The molecule has 9 heteroatoms. The third-order valence-electron chi connectivity index (χ3n) is 3.93. The molecule has 3 aromatic rings. The molecule has 0 bridgehead atoms. The standard InChI is InChI=1S/C20H13ClF3NO3.Na/c21-14-1-2-19(28-10-16-17(23)6-15(22)7-18(16)24)12(5-14)3-11-4-13(20(26)27)9-25-8-11;/h1-2,4-9H,3,10H2,(H,26,27);/q;+1/p-1. The average molecular weight is 430 g/mol. The van der Waals surface area contributed by atoms with Crippen LogP contribution in [0.15, 0.2) is 48.8 Å². The number of carbonyl (C=O) groups excluding carboxylic acids is 1. The summed E-state index contributed by atoms with van der Waals surface area (Å²) >= 11 is 6.01. The molecule has 0 saturated heterocycles. The van der Waals surface area contributed by atoms with Gasteiger partial charge in [0.2, 0.25) is 0 Å². The summed E-state index contributed by atoms with van der Waals surface area (Å²) in [5, 5.41) is 11.4. The summed E-state index contributed by atoms with van der Waals surface area (Å²) in [7, 11) is 0. The Morgan fingerprint density at radius 2 is 1.76 bits per heavy atom. The van der Waals surface area contributed by atoms with Gasteiger partial charge in [-0.25, -0.2) is 13.2 Å². The molecule has 0 aliphatic rings. The maximum Gasteiger partial charge on any atom is 1.00 e. The molecular weight excluding hydrogens is 418 g/mol. The Balaban J connectivity index is 0.00000300. The fourth-order valence-corrected chi connectivity index (χ4v) is 2.80. The Morgan fingerprint density at radius 1 is 1.07 bits per heavy atom. The van der Waals surface area contributed by atoms with Gasteiger partial charge in [-0.1, -0.05) is 11.6 Å². The minimum absolute atomic E-state index is 0. The predicted octanol–water partition coefficient (Wildman–Crippen LogP) is 0.690. The first-order chi connectivity index (χ1) is 13.3. The number of hydrogen-bond acceptors (Lipinski definition) is 4. The van der Waals surface area contributed by atoms with Crippen LogP contribution in [-0.2, 0) is 13.0 Å². The molecule has 29 heavy (non-hydrogen) atoms. The first-order valence-corrected chi connectivity index (χ1v) is 8.41. The van der Waals surface area contributed by atoms with Gasteiger partial charge in [0, 0.05) is 47.1 Å². The molecule has 0 amide bonds. The van der Waals surface area contributed by atoms with Crippen molar-refractivity contribution in [3.63, 3.8) is 0 Å². The molecule has 0 aliphatic heterocycles. The summed E-state index contributed by atoms with van der Waals surface area (Å²) < 4.78 is 46.1. The van der Waals surface area contributed by atoms with Crippen LogP contribution in [0.1, 0.15) is 27.0 Å². The summed E-state index contributed by atoms with van der Waals surface area (Å²) in [4.78, 5) is 14.8. The fraction of sp³-hybridized carbons (Fsp3) is 0.100. The van der Waals surface area contributed by atoms with Gasteiger partial charge in [0.05, 0.1) is 11.5 Å². The number of rotatable bonds is 6. The number of carboxylic acids is 1. The topological polar surface area (TPSA) is 62.2 Å². The van der Waals surface area contributed by atoms with Gasteiger partial charge in [-0.2, -0.15) is 0 Å². The molecule has 0 fully saturated rings. The molecule has 0 atom stereocenters. The Bertz CT molecular complexity index is 1030. The largest absolute Gasteiger partial charge is 1.00 e. The van der Waals surface area contributed by atoms with E-state index in [1.54, 1.807) is 6.07 Å². The monoisotopic (exact) mass is 429 g/mol. The van der Waals surface area contributed by atoms with E-state index < -0.39 is 35.6 Å². The van der Waals surface area contributed by atoms with Gasteiger partial charge in [0.25, 0.3) is 0 Å². The van der Waals surface area contributed by atoms with Crippen LogP contribution in [0, 0.1) is 17.5 Å². The Kier molecular flexibility index (Phi) is 8.10. The molecule has 3 rings (SSSR count). The van der Waals surface area contributed by atoms with Gasteiger partial charge >= 0.3 is 29.6 Å². The van der Waals surface area contributed by atoms with Crippen molar-refractivity contribution in [2.45, 2.75) is 13.0 Å². The van der Waals surface area contributed by atoms with Gasteiger partial charge in [-0.15, -0.1) is 0 Å². The van der Waals surface area contributed by atoms with Crippen LogP contribution in [0.5, 0.6) is 5.75 Å². The minimum Gasteiger partial charge on any atom is -0.545 e. The number of benzene rings is 2. The van der Waals surface area contributed by atoms with Gasteiger partial charge in [0.15, 0.2) is 0 Å². The summed E-state index contributed by atoms with van der Waals surface area (Å²) in [6.07, 6.45) is 2.84. The van der Waals surface area contributed by atoms with E-state index in [9.17, 15) is 23.1 Å². The van der Waals surface area contributed by atoms with E-state index in [2.05, 4.69) is 4.98 Å². The second-order valence-corrected chi connectivity index (χ2v) is 6.37. The summed E-state index contributed by atoms with van der Waals surface area (Å²) in [5.74, 6) is -4.21. The van der Waals surface area contributed by atoms with Gasteiger partial charge in [-0.3, -0.25) is 4.98 Å². The Morgan fingerprint density at radius 3 is 2.41 bits per heavy atom. The third-order valence-corrected chi connectivity index (χ3v) is 4.16. The predicted molar refractivity (Wildman–Crippen MR) is 93.5 cm³/mol. The molecule has 0 radical (unpaired) electrons. The Hall–Kier alpha value is -2.06. The number of hydrogen-bond donors (Lipinski definition) is 0. The van der Waals surface area contributed by atoms with Crippen LogP contribution >= 0.6 is 11.6 Å². The number of carbonyl (C=O) groups is 1. The number of aromatic nitrogens is 1. The van der Waals surface area contributed by atoms with Crippen molar-refractivity contribution in [1.82, 2.24) is 4.98 Å². The molecule has 1 aromatic heterocycles. The number of ether oxygens (including phenoxy) is 1. The zero-order valence-electron chi connectivity index (χ0n) is 15.2. The zero-order chi connectivity index (χ0) is 20.3. The van der Waals surface area contributed by atoms with Crippen molar-refractivity contribution in [3.05, 3.63) is 93.5 Å². The molecular formula is C20H12ClF3NNaO3. The van der Waals surface area contributed by atoms with Crippen molar-refractivity contribution in [2.24, 2.45) is 0 Å². The molecule has 144 valence electrons. The molecule has 4 nitrogen and oxygen atoms in total. The summed E-state index contributed by atoms with van der Waals surface area (Å²) in [5.41, 5.74) is 0.598. The number of halogens is 4. The van der Waals surface area contributed by atoms with E-state index in [1.807, 2.05) is 0 Å². The zero-order valence-corrected chi connectivity index (χ0v) is 18.0. The van der Waals surface area contributed by atoms with Crippen LogP contribution < -0.4 is 39.4 Å². The van der Waals surface area contributed by atoms with Crippen LogP contribution in [0.4, 0.5) is 13.2 Å². The SMILES string of the molecule is O=C([O-])c1cncc(Cc2cc(Cl)ccc2OCc2c(F)cc(F)cc2F)c1.[Na+]. The first kappa shape index (κ1) is 23.2. The normalized spacial score (nSPS) is 10.3. The smallest absolute Gasteiger partial charge is 0.545 e. The van der Waals surface area contributed by atoms with E-state index in [0.29, 0.717) is 28.3 Å². The first-order valence-electron chi connectivity index (χ1n) is 8.03. The van der Waals surface area contributed by atoms with Crippen molar-refractivity contribution < 1.29 is 57.4 Å². The maximum absolute atomic E-state index is 13.8. The van der Waals surface area contributed by atoms with Crippen LogP contribution in [0.2, 0.25) is 5.02 Å². The van der Waals surface area contributed by atoms with E-state index in [-0.39, 0.29) is 47.3 Å². The van der Waals surface area contributed by atoms with Crippen molar-refractivity contribution in [2.75, 3.05) is 0 Å². The van der Waals surface area contributed by atoms with Gasteiger partial charge in [-0.05, 0) is 29.8 Å². The van der Waals surface area contributed by atoms with Crippen molar-refractivity contribution >= 4 is 17.6 Å². The Labute approximate surface area is 191 Å². The van der Waals surface area contributed by atoms with E-state index >= 15 is 0 Å². The van der Waals surface area contributed by atoms with Crippen molar-refractivity contribution in [3.8, 4) is 5.75 Å². The van der Waals surface area contributed by atoms with Crippen LogP contribution in [0.3, 0.4) is 0 Å². The number of pyridine rings is 1. The van der Waals surface area contributed by atoms with E-state index in [1.165, 1.54) is 24.4 Å². The van der Waals surface area contributed by atoms with E-state index in [4.69, 9.17) is 16.3 Å². The minimum atomic E-state index is -1.36. The fourth-order valence-electron chi connectivity index (χ4n) is 2.60. The van der Waals surface area contributed by atoms with E-state index in [0.717, 1.165) is 6.20 Å². The molecule has 0 N–H and O–H groups in total. The second kappa shape index (κ2) is 10.1. The third kappa shape index (κ3) is 5.96. The van der Waals surface area contributed by atoms with Crippen molar-refractivity contribution in [1.29, 1.82) is 0 Å². The molecule has 0 spiro atoms. The van der Waals surface area contributed by atoms with Gasteiger partial charge < -0.3 is 14.6 Å². The quantitative estimate of drug-likeness (QED) is 0.541.